The molecule has 31 heavy (non-hydrogen) atoms. The van der Waals surface area contributed by atoms with E-state index in [1.807, 2.05) is 6.07 Å². The van der Waals surface area contributed by atoms with E-state index >= 15 is 0 Å². The second-order valence-corrected chi connectivity index (χ2v) is 10.7. The lowest BCUT2D eigenvalue weighted by atomic mass is 9.95. The van der Waals surface area contributed by atoms with Crippen LogP contribution in [0.2, 0.25) is 0 Å². The minimum absolute atomic E-state index is 0.180. The fourth-order valence-electron chi connectivity index (χ4n) is 3.47. The molecule has 162 valence electrons. The van der Waals surface area contributed by atoms with Crippen LogP contribution in [0.5, 0.6) is 0 Å². The number of thioether (sulfide) groups is 1. The van der Waals surface area contributed by atoms with Crippen LogP contribution >= 0.6 is 34.4 Å². The lowest BCUT2D eigenvalue weighted by Crippen LogP contribution is -2.19. The molecule has 0 saturated heterocycles. The smallest absolute Gasteiger partial charge is 0.251 e. The fraction of sp³-hybridized carbons (Fsp3) is 0.333. The summed E-state index contributed by atoms with van der Waals surface area (Å²) in [6, 6.07) is 6.12. The van der Waals surface area contributed by atoms with Crippen LogP contribution in [0.4, 0.5) is 15.8 Å². The van der Waals surface area contributed by atoms with Crippen LogP contribution in [0.25, 0.3) is 0 Å². The molecule has 1 aliphatic carbocycles. The number of amides is 2. The van der Waals surface area contributed by atoms with Crippen molar-refractivity contribution in [1.82, 2.24) is 10.2 Å². The molecule has 0 bridgehead atoms. The fourth-order valence-corrected chi connectivity index (χ4v) is 6.35. The van der Waals surface area contributed by atoms with Crippen molar-refractivity contribution in [2.24, 2.45) is 5.73 Å². The van der Waals surface area contributed by atoms with E-state index in [-0.39, 0.29) is 11.7 Å². The highest BCUT2D eigenvalue weighted by molar-refractivity contribution is 8.01. The van der Waals surface area contributed by atoms with E-state index < -0.39 is 5.91 Å². The number of aromatic nitrogens is 2. The van der Waals surface area contributed by atoms with Gasteiger partial charge in [0.25, 0.3) is 5.91 Å². The number of fused-ring (bicyclic) bond motifs is 1. The second-order valence-electron chi connectivity index (χ2n) is 7.41. The van der Waals surface area contributed by atoms with Gasteiger partial charge in [0.15, 0.2) is 4.34 Å². The molecule has 2 amide bonds. The molecule has 1 aromatic carbocycles. The van der Waals surface area contributed by atoms with Gasteiger partial charge in [0, 0.05) is 10.6 Å². The summed E-state index contributed by atoms with van der Waals surface area (Å²) in [7, 11) is 0. The van der Waals surface area contributed by atoms with Gasteiger partial charge in [-0.15, -0.1) is 21.5 Å². The van der Waals surface area contributed by atoms with Crippen LogP contribution in [0.3, 0.4) is 0 Å². The Kier molecular flexibility index (Phi) is 6.59. The molecule has 2 heterocycles. The summed E-state index contributed by atoms with van der Waals surface area (Å²) in [5.74, 6) is -0.488. The first-order valence-corrected chi connectivity index (χ1v) is 12.6. The van der Waals surface area contributed by atoms with Gasteiger partial charge in [-0.1, -0.05) is 29.2 Å². The summed E-state index contributed by atoms with van der Waals surface area (Å²) in [6.07, 6.45) is 3.93. The molecule has 3 aromatic rings. The Morgan fingerprint density at radius 3 is 2.71 bits per heavy atom. The maximum absolute atomic E-state index is 12.5. The zero-order valence-corrected chi connectivity index (χ0v) is 19.7. The van der Waals surface area contributed by atoms with Gasteiger partial charge in [-0.05, 0) is 68.4 Å². The van der Waals surface area contributed by atoms with E-state index in [4.69, 9.17) is 5.73 Å². The number of carbonyl (C=O) groups excluding carboxylic acids is 2. The van der Waals surface area contributed by atoms with Gasteiger partial charge in [0.05, 0.1) is 11.3 Å². The van der Waals surface area contributed by atoms with Crippen molar-refractivity contribution in [3.05, 3.63) is 45.3 Å². The van der Waals surface area contributed by atoms with Gasteiger partial charge in [-0.3, -0.25) is 9.59 Å². The minimum Gasteiger partial charge on any atom is -0.365 e. The molecule has 2 aromatic heterocycles. The van der Waals surface area contributed by atoms with Crippen molar-refractivity contribution >= 4 is 62.1 Å². The normalized spacial score (nSPS) is 13.0. The number of nitrogens with one attached hydrogen (secondary N) is 2. The molecule has 0 aliphatic heterocycles. The third-order valence-electron chi connectivity index (χ3n) is 5.16. The van der Waals surface area contributed by atoms with Crippen molar-refractivity contribution in [3.63, 3.8) is 0 Å². The topological polar surface area (TPSA) is 110 Å². The van der Waals surface area contributed by atoms with Crippen molar-refractivity contribution in [2.75, 3.05) is 16.4 Å². The highest BCUT2D eigenvalue weighted by atomic mass is 32.2. The molecule has 4 rings (SSSR count). The first-order valence-electron chi connectivity index (χ1n) is 9.95. The largest absolute Gasteiger partial charge is 0.365 e. The first-order chi connectivity index (χ1) is 14.9. The van der Waals surface area contributed by atoms with Gasteiger partial charge < -0.3 is 16.4 Å². The Labute approximate surface area is 192 Å². The number of benzene rings is 1. The molecule has 10 heteroatoms. The van der Waals surface area contributed by atoms with Crippen LogP contribution in [0, 0.1) is 13.8 Å². The van der Waals surface area contributed by atoms with E-state index in [9.17, 15) is 9.59 Å². The number of thiophene rings is 1. The molecular weight excluding hydrogens is 450 g/mol. The van der Waals surface area contributed by atoms with Crippen molar-refractivity contribution in [1.29, 1.82) is 0 Å². The Balaban J connectivity index is 1.36. The Hall–Kier alpha value is -2.43. The van der Waals surface area contributed by atoms with Crippen molar-refractivity contribution in [3.8, 4) is 0 Å². The van der Waals surface area contributed by atoms with E-state index in [1.54, 1.807) is 0 Å². The Morgan fingerprint density at radius 1 is 1.13 bits per heavy atom. The zero-order valence-electron chi connectivity index (χ0n) is 17.3. The molecule has 0 fully saturated rings. The van der Waals surface area contributed by atoms with Gasteiger partial charge in [-0.25, -0.2) is 0 Å². The van der Waals surface area contributed by atoms with Gasteiger partial charge >= 0.3 is 0 Å². The number of rotatable bonds is 7. The summed E-state index contributed by atoms with van der Waals surface area (Å²) in [5.41, 5.74) is 10.5. The van der Waals surface area contributed by atoms with Crippen LogP contribution in [-0.2, 0) is 17.6 Å². The van der Waals surface area contributed by atoms with Gasteiger partial charge in [0.2, 0.25) is 11.0 Å². The SMILES string of the molecule is Cc1ccc(Nc2nnc(SCC(=O)Nc3sc4c(c3C(N)=O)CCCC4)s2)cc1C. The van der Waals surface area contributed by atoms with Crippen LogP contribution in [0.1, 0.15) is 44.8 Å². The quantitative estimate of drug-likeness (QED) is 0.430. The lowest BCUT2D eigenvalue weighted by Gasteiger charge is -2.11. The number of hydrogen-bond donors (Lipinski definition) is 3. The number of anilines is 3. The molecule has 0 radical (unpaired) electrons. The predicted molar refractivity (Wildman–Crippen MR) is 128 cm³/mol. The predicted octanol–water partition coefficient (Wildman–Crippen LogP) is 4.67. The summed E-state index contributed by atoms with van der Waals surface area (Å²) in [5, 5.41) is 15.7. The highest BCUT2D eigenvalue weighted by Gasteiger charge is 2.25. The molecular formula is C21H23N5O2S3. The number of hydrogen-bond acceptors (Lipinski definition) is 8. The molecule has 0 saturated carbocycles. The van der Waals surface area contributed by atoms with Crippen LogP contribution in [-0.4, -0.2) is 27.8 Å². The number of nitrogens with zero attached hydrogens (tertiary/aromatic N) is 2. The van der Waals surface area contributed by atoms with Crippen molar-refractivity contribution in [2.45, 2.75) is 43.9 Å². The van der Waals surface area contributed by atoms with E-state index in [0.29, 0.717) is 20.0 Å². The molecule has 1 aliphatic rings. The number of primary amides is 1. The van der Waals surface area contributed by atoms with Gasteiger partial charge in [0.1, 0.15) is 5.00 Å². The van der Waals surface area contributed by atoms with E-state index in [2.05, 4.69) is 46.8 Å². The molecule has 4 N–H and O–H groups in total. The second kappa shape index (κ2) is 9.37. The maximum Gasteiger partial charge on any atom is 0.251 e. The number of aryl methyl sites for hydroxylation is 3. The minimum atomic E-state index is -0.478. The summed E-state index contributed by atoms with van der Waals surface area (Å²) in [6.45, 7) is 4.13. The van der Waals surface area contributed by atoms with Crippen LogP contribution < -0.4 is 16.4 Å². The third-order valence-corrected chi connectivity index (χ3v) is 8.34. The molecule has 7 nitrogen and oxygen atoms in total. The molecule has 0 unspecified atom stereocenters. The maximum atomic E-state index is 12.5. The highest BCUT2D eigenvalue weighted by Crippen LogP contribution is 2.38. The van der Waals surface area contributed by atoms with Gasteiger partial charge in [-0.2, -0.15) is 0 Å². The monoisotopic (exact) mass is 473 g/mol. The number of nitrogens with two attached hydrogens (primary N) is 1. The average Bonchev–Trinajstić information content (AvgIpc) is 3.33. The zero-order chi connectivity index (χ0) is 22.0. The standard InChI is InChI=1S/C21H23N5O2S3/c1-11-7-8-13(9-12(11)2)23-20-25-26-21(31-20)29-10-16(27)24-19-17(18(22)28)14-5-3-4-6-15(14)30-19/h7-9H,3-6,10H2,1-2H3,(H2,22,28)(H,23,25)(H,24,27). The van der Waals surface area contributed by atoms with E-state index in [0.717, 1.165) is 41.8 Å². The summed E-state index contributed by atoms with van der Waals surface area (Å²) in [4.78, 5) is 25.6. The summed E-state index contributed by atoms with van der Waals surface area (Å²) >= 11 is 4.18. The first kappa shape index (κ1) is 21.8. The Bertz CT molecular complexity index is 1140. The Morgan fingerprint density at radius 2 is 1.94 bits per heavy atom. The molecule has 0 atom stereocenters. The van der Waals surface area contributed by atoms with Crippen molar-refractivity contribution < 1.29 is 9.59 Å². The lowest BCUT2D eigenvalue weighted by molar-refractivity contribution is -0.113. The van der Waals surface area contributed by atoms with Crippen LogP contribution in [0.15, 0.2) is 22.5 Å². The summed E-state index contributed by atoms with van der Waals surface area (Å²) < 4.78 is 0.696. The van der Waals surface area contributed by atoms with E-state index in [1.165, 1.54) is 45.6 Å². The molecule has 0 spiro atoms. The third kappa shape index (κ3) is 5.08. The average molecular weight is 474 g/mol. The number of carbonyl (C=O) groups is 2.